The molecule has 4 heteroatoms. The van der Waals surface area contributed by atoms with Gasteiger partial charge in [0.05, 0.1) is 0 Å². The van der Waals surface area contributed by atoms with E-state index in [9.17, 15) is 0 Å². The van der Waals surface area contributed by atoms with Crippen molar-refractivity contribution in [1.29, 1.82) is 0 Å². The van der Waals surface area contributed by atoms with Crippen molar-refractivity contribution in [3.05, 3.63) is 0 Å². The summed E-state index contributed by atoms with van der Waals surface area (Å²) in [6, 6.07) is 0. The summed E-state index contributed by atoms with van der Waals surface area (Å²) in [4.78, 5) is 0. The van der Waals surface area contributed by atoms with Gasteiger partial charge in [-0.15, -0.1) is 0 Å². The summed E-state index contributed by atoms with van der Waals surface area (Å²) in [5.41, 5.74) is 0. The standard InChI is InChI=1S/Ca.Mg.H3PSe.4H/c;;1-2;;;;/h;;2H,1H2;;;;. The fourth-order valence-corrected chi connectivity index (χ4v) is 0. The second kappa shape index (κ2) is 16.7. The second-order valence-electron chi connectivity index (χ2n) is 0. The molecule has 0 bridgehead atoms. The van der Waals surface area contributed by atoms with E-state index in [0.717, 1.165) is 0 Å². The Morgan fingerprint density at radius 2 is 1.25 bits per heavy atom. The van der Waals surface area contributed by atoms with Gasteiger partial charge in [0.1, 0.15) is 0 Å². The van der Waals surface area contributed by atoms with Crippen LogP contribution in [0.4, 0.5) is 0 Å². The molecule has 0 aliphatic carbocycles. The van der Waals surface area contributed by atoms with E-state index < -0.39 is 0 Å². The van der Waals surface area contributed by atoms with Crippen LogP contribution in [0.1, 0.15) is 0 Å². The molecule has 1 unspecified atom stereocenters. The predicted molar refractivity (Wildman–Crippen MR) is 33.9 cm³/mol. The van der Waals surface area contributed by atoms with Gasteiger partial charge in [0.15, 0.2) is 0 Å². The molecule has 0 N–H and O–H groups in total. The van der Waals surface area contributed by atoms with Crippen LogP contribution >= 0.6 is 7.93 Å². The van der Waals surface area contributed by atoms with Crippen molar-refractivity contribution in [3.63, 3.8) is 0 Å². The molecule has 0 aliphatic heterocycles. The molecule has 22 valence electrons. The number of hydrogen-bond donors (Lipinski definition) is 0. The molecular formula is H7CaMgPSe. The van der Waals surface area contributed by atoms with Crippen LogP contribution in [0.25, 0.3) is 0 Å². The zero-order valence-corrected chi connectivity index (χ0v) is 4.06. The van der Waals surface area contributed by atoms with Gasteiger partial charge in [0.25, 0.3) is 0 Å². The first-order valence-corrected chi connectivity index (χ1v) is 4.02. The summed E-state index contributed by atoms with van der Waals surface area (Å²) >= 11 is 2.23. The van der Waals surface area contributed by atoms with Crippen molar-refractivity contribution in [3.8, 4) is 0 Å². The minimum atomic E-state index is 0. The number of rotatable bonds is 0. The molecule has 0 fully saturated rings. The Hall–Kier alpha value is 2.98. The third kappa shape index (κ3) is 8.88. The van der Waals surface area contributed by atoms with E-state index in [4.69, 9.17) is 0 Å². The van der Waals surface area contributed by atoms with E-state index in [0.29, 0.717) is 0 Å². The van der Waals surface area contributed by atoms with Gasteiger partial charge in [0, 0.05) is 0 Å². The summed E-state index contributed by atoms with van der Waals surface area (Å²) < 4.78 is 0. The summed E-state index contributed by atoms with van der Waals surface area (Å²) in [7, 11) is 2.35. The first-order valence-electron chi connectivity index (χ1n) is 0.258. The van der Waals surface area contributed by atoms with Gasteiger partial charge in [-0.25, -0.2) is 0 Å². The molecule has 0 aromatic carbocycles. The smallest absolute Gasteiger partial charge is 0.316 e. The molecule has 0 aromatic rings. The predicted octanol–water partition coefficient (Wildman–Crippen LogP) is -2.16. The first kappa shape index (κ1) is 15.8. The van der Waals surface area contributed by atoms with Gasteiger partial charge in [-0.05, 0) is 0 Å². The monoisotopic (exact) mass is 182 g/mol. The maximum absolute atomic E-state index is 2.35. The maximum Gasteiger partial charge on any atom is 0.316 e. The van der Waals surface area contributed by atoms with Gasteiger partial charge in [0.2, 0.25) is 0 Å². The first-order chi connectivity index (χ1) is 1.00. The van der Waals surface area contributed by atoms with E-state index >= 15 is 0 Å². The molecule has 0 radical (unpaired) electrons. The van der Waals surface area contributed by atoms with Crippen molar-refractivity contribution in [2.75, 3.05) is 0 Å². The second-order valence-corrected chi connectivity index (χ2v) is 0. The van der Waals surface area contributed by atoms with Crippen LogP contribution < -0.4 is 0 Å². The van der Waals surface area contributed by atoms with Crippen LogP contribution in [-0.2, 0) is 0 Å². The van der Waals surface area contributed by atoms with Gasteiger partial charge in [-0.3, -0.25) is 0 Å². The van der Waals surface area contributed by atoms with Crippen LogP contribution in [0.15, 0.2) is 0 Å². The topological polar surface area (TPSA) is 0 Å². The normalized spacial score (nSPS) is 1.50. The van der Waals surface area contributed by atoms with Crippen LogP contribution in [0, 0.1) is 0 Å². The molecule has 0 heterocycles. The molecular weight excluding hydrogens is 174 g/mol. The molecule has 4 heavy (non-hydrogen) atoms. The van der Waals surface area contributed by atoms with E-state index in [-0.39, 0.29) is 60.8 Å². The van der Waals surface area contributed by atoms with Crippen molar-refractivity contribution < 1.29 is 0 Å². The Bertz CT molecular complexity index is 8.00. The Morgan fingerprint density at radius 3 is 1.25 bits per heavy atom. The average Bonchev–Trinajstić information content (AvgIpc) is 1.00. The average molecular weight is 181 g/mol. The van der Waals surface area contributed by atoms with Gasteiger partial charge >= 0.3 is 84.3 Å². The maximum atomic E-state index is 2.35. The van der Waals surface area contributed by atoms with E-state index in [1.165, 1.54) is 0 Å². The summed E-state index contributed by atoms with van der Waals surface area (Å²) in [5.74, 6) is 0. The zero-order valence-electron chi connectivity index (χ0n) is 1.02. The van der Waals surface area contributed by atoms with Gasteiger partial charge in [-0.1, -0.05) is 0 Å². The third-order valence-corrected chi connectivity index (χ3v) is 0. The van der Waals surface area contributed by atoms with E-state index in [2.05, 4.69) is 23.5 Å². The molecule has 0 saturated carbocycles. The molecule has 0 saturated heterocycles. The van der Waals surface area contributed by atoms with Crippen LogP contribution in [0.5, 0.6) is 0 Å². The summed E-state index contributed by atoms with van der Waals surface area (Å²) in [5, 5.41) is 0. The molecule has 1 atom stereocenters. The van der Waals surface area contributed by atoms with E-state index in [1.54, 1.807) is 0 Å². The van der Waals surface area contributed by atoms with Crippen molar-refractivity contribution in [2.45, 2.75) is 0 Å². The zero-order chi connectivity index (χ0) is 2.00. The minimum absolute atomic E-state index is 0. The molecule has 0 aromatic heterocycles. The fourth-order valence-electron chi connectivity index (χ4n) is 0. The Kier molecular flexibility index (Phi) is 65.8. The number of hydrogen-bond acceptors (Lipinski definition) is 0. The van der Waals surface area contributed by atoms with Gasteiger partial charge in [-0.2, -0.15) is 0 Å². The van der Waals surface area contributed by atoms with E-state index in [1.807, 2.05) is 0 Å². The van der Waals surface area contributed by atoms with Crippen LogP contribution in [-0.4, -0.2) is 76.4 Å². The SMILES string of the molecule is P[SeH].[CaH2].[MgH2]. The van der Waals surface area contributed by atoms with Gasteiger partial charge < -0.3 is 0 Å². The molecule has 0 rings (SSSR count). The largest absolute Gasteiger partial charge is 0.316 e. The molecule has 0 nitrogen and oxygen atoms in total. The molecule has 0 amide bonds. The summed E-state index contributed by atoms with van der Waals surface area (Å²) in [6.45, 7) is 0. The Labute approximate surface area is 82.6 Å². The van der Waals surface area contributed by atoms with Crippen LogP contribution in [0.2, 0.25) is 0 Å². The van der Waals surface area contributed by atoms with Crippen LogP contribution in [0.3, 0.4) is 0 Å². The quantitative estimate of drug-likeness (QED) is 0.295. The van der Waals surface area contributed by atoms with Crippen molar-refractivity contribution >= 4 is 84.3 Å². The van der Waals surface area contributed by atoms with Crippen molar-refractivity contribution in [2.24, 2.45) is 0 Å². The molecule has 0 spiro atoms. The fraction of sp³-hybridized carbons (Fsp3) is 0. The Morgan fingerprint density at radius 1 is 1.25 bits per heavy atom. The molecule has 0 aliphatic rings. The summed E-state index contributed by atoms with van der Waals surface area (Å²) in [6.07, 6.45) is 0. The minimum Gasteiger partial charge on any atom is 0.316 e. The Balaban J connectivity index is -0.00000000500. The van der Waals surface area contributed by atoms with Crippen molar-refractivity contribution in [1.82, 2.24) is 0 Å². The third-order valence-electron chi connectivity index (χ3n) is 0.